The lowest BCUT2D eigenvalue weighted by molar-refractivity contribution is -0.384. The molecule has 110 valence electrons. The van der Waals surface area contributed by atoms with Gasteiger partial charge in [0.2, 0.25) is 0 Å². The van der Waals surface area contributed by atoms with Crippen LogP contribution in [0.15, 0.2) is 22.6 Å². The number of hydrogen-bond acceptors (Lipinski definition) is 6. The van der Waals surface area contributed by atoms with Crippen LogP contribution in [0, 0.1) is 10.1 Å². The number of nitro benzene ring substituents is 1. The molecule has 8 nitrogen and oxygen atoms in total. The molecule has 1 atom stereocenters. The van der Waals surface area contributed by atoms with Gasteiger partial charge in [0.15, 0.2) is 5.58 Å². The maximum absolute atomic E-state index is 11.3. The molecule has 3 rings (SSSR count). The van der Waals surface area contributed by atoms with E-state index in [4.69, 9.17) is 4.42 Å². The zero-order valence-corrected chi connectivity index (χ0v) is 11.1. The van der Waals surface area contributed by atoms with Gasteiger partial charge in [0.25, 0.3) is 11.7 Å². The SMILES string of the molecule is O=C(O)[C@@H]1CCCCN1c1nc2cc([N+](=O)[O-])ccc2o1. The van der Waals surface area contributed by atoms with Crippen LogP contribution in [0.5, 0.6) is 0 Å². The van der Waals surface area contributed by atoms with Gasteiger partial charge in [0.05, 0.1) is 4.92 Å². The van der Waals surface area contributed by atoms with Gasteiger partial charge in [-0.25, -0.2) is 4.79 Å². The van der Waals surface area contributed by atoms with Crippen LogP contribution in [0.4, 0.5) is 11.7 Å². The molecule has 1 saturated heterocycles. The Morgan fingerprint density at radius 2 is 2.29 bits per heavy atom. The van der Waals surface area contributed by atoms with Crippen molar-refractivity contribution in [2.75, 3.05) is 11.4 Å². The molecular weight excluding hydrogens is 278 g/mol. The van der Waals surface area contributed by atoms with Gasteiger partial charge in [0, 0.05) is 18.7 Å². The first-order chi connectivity index (χ1) is 10.1. The number of hydrogen-bond donors (Lipinski definition) is 1. The molecule has 1 aromatic heterocycles. The quantitative estimate of drug-likeness (QED) is 0.681. The fraction of sp³-hybridized carbons (Fsp3) is 0.385. The molecule has 0 unspecified atom stereocenters. The number of non-ortho nitro benzene ring substituents is 1. The summed E-state index contributed by atoms with van der Waals surface area (Å²) >= 11 is 0. The van der Waals surface area contributed by atoms with E-state index in [2.05, 4.69) is 4.98 Å². The van der Waals surface area contributed by atoms with Gasteiger partial charge < -0.3 is 14.4 Å². The highest BCUT2D eigenvalue weighted by Crippen LogP contribution is 2.29. The highest BCUT2D eigenvalue weighted by Gasteiger charge is 2.31. The van der Waals surface area contributed by atoms with Crippen LogP contribution in [0.25, 0.3) is 11.1 Å². The monoisotopic (exact) mass is 291 g/mol. The second-order valence-electron chi connectivity index (χ2n) is 4.95. The summed E-state index contributed by atoms with van der Waals surface area (Å²) in [5, 5.41) is 20.0. The molecule has 0 bridgehead atoms. The third kappa shape index (κ3) is 2.39. The number of oxazole rings is 1. The van der Waals surface area contributed by atoms with Crippen molar-refractivity contribution in [1.82, 2.24) is 4.98 Å². The zero-order valence-electron chi connectivity index (χ0n) is 11.1. The standard InChI is InChI=1S/C13H13N3O5/c17-12(18)10-3-1-2-6-15(10)13-14-9-7-8(16(19)20)4-5-11(9)21-13/h4-5,7,10H,1-3,6H2,(H,17,18)/t10-/m0/s1. The predicted octanol–water partition coefficient (Wildman–Crippen LogP) is 2.18. The van der Waals surface area contributed by atoms with E-state index in [1.165, 1.54) is 18.2 Å². The summed E-state index contributed by atoms with van der Waals surface area (Å²) in [6, 6.07) is 3.67. The Labute approximate surface area is 119 Å². The van der Waals surface area contributed by atoms with E-state index in [-0.39, 0.29) is 11.7 Å². The molecule has 21 heavy (non-hydrogen) atoms. The van der Waals surface area contributed by atoms with Crippen molar-refractivity contribution in [3.05, 3.63) is 28.3 Å². The third-order valence-electron chi connectivity index (χ3n) is 3.60. The number of anilines is 1. The summed E-state index contributed by atoms with van der Waals surface area (Å²) in [6.45, 7) is 0.548. The highest BCUT2D eigenvalue weighted by atomic mass is 16.6. The molecule has 0 aliphatic carbocycles. The number of carbonyl (C=O) groups is 1. The first-order valence-corrected chi connectivity index (χ1v) is 6.60. The number of aromatic nitrogens is 1. The fourth-order valence-corrected chi connectivity index (χ4v) is 2.56. The van der Waals surface area contributed by atoms with E-state index >= 15 is 0 Å². The molecule has 2 aromatic rings. The Morgan fingerprint density at radius 3 is 3.00 bits per heavy atom. The second kappa shape index (κ2) is 5.04. The molecule has 0 spiro atoms. The van der Waals surface area contributed by atoms with Crippen molar-refractivity contribution >= 4 is 28.8 Å². The Kier molecular flexibility index (Phi) is 3.20. The van der Waals surface area contributed by atoms with Crippen LogP contribution < -0.4 is 4.90 Å². The molecule has 0 radical (unpaired) electrons. The van der Waals surface area contributed by atoms with Gasteiger partial charge in [-0.1, -0.05) is 0 Å². The summed E-state index contributed by atoms with van der Waals surface area (Å²) in [5.41, 5.74) is 0.690. The topological polar surface area (TPSA) is 110 Å². The van der Waals surface area contributed by atoms with Gasteiger partial charge in [-0.3, -0.25) is 10.1 Å². The van der Waals surface area contributed by atoms with E-state index in [0.29, 0.717) is 24.1 Å². The number of benzene rings is 1. The summed E-state index contributed by atoms with van der Waals surface area (Å²) in [4.78, 5) is 27.4. The molecule has 1 aliphatic rings. The van der Waals surface area contributed by atoms with E-state index in [1.807, 2.05) is 0 Å². The van der Waals surface area contributed by atoms with Crippen LogP contribution in [-0.4, -0.2) is 33.6 Å². The number of aliphatic carboxylic acids is 1. The van der Waals surface area contributed by atoms with Crippen LogP contribution in [-0.2, 0) is 4.79 Å². The number of rotatable bonds is 3. The van der Waals surface area contributed by atoms with Crippen molar-refractivity contribution in [2.24, 2.45) is 0 Å². The molecule has 0 saturated carbocycles. The maximum atomic E-state index is 11.3. The smallest absolute Gasteiger partial charge is 0.326 e. The van der Waals surface area contributed by atoms with Gasteiger partial charge in [-0.15, -0.1) is 0 Å². The van der Waals surface area contributed by atoms with Crippen molar-refractivity contribution in [3.8, 4) is 0 Å². The van der Waals surface area contributed by atoms with E-state index < -0.39 is 16.9 Å². The molecule has 1 aliphatic heterocycles. The first-order valence-electron chi connectivity index (χ1n) is 6.60. The lowest BCUT2D eigenvalue weighted by Gasteiger charge is -2.31. The van der Waals surface area contributed by atoms with Crippen LogP contribution in [0.3, 0.4) is 0 Å². The highest BCUT2D eigenvalue weighted by molar-refractivity contribution is 5.80. The summed E-state index contributed by atoms with van der Waals surface area (Å²) < 4.78 is 5.55. The Morgan fingerprint density at radius 1 is 1.48 bits per heavy atom. The molecule has 0 amide bonds. The summed E-state index contributed by atoms with van der Waals surface area (Å²) in [7, 11) is 0. The summed E-state index contributed by atoms with van der Waals surface area (Å²) in [5.74, 6) is -0.914. The van der Waals surface area contributed by atoms with E-state index in [0.717, 1.165) is 12.8 Å². The normalized spacial score (nSPS) is 18.9. The minimum absolute atomic E-state index is 0.0734. The molecule has 8 heteroatoms. The minimum Gasteiger partial charge on any atom is -0.480 e. The van der Waals surface area contributed by atoms with Gasteiger partial charge in [-0.2, -0.15) is 4.98 Å². The van der Waals surface area contributed by atoms with Crippen LogP contribution in [0.2, 0.25) is 0 Å². The van der Waals surface area contributed by atoms with E-state index in [1.54, 1.807) is 4.90 Å². The summed E-state index contributed by atoms with van der Waals surface area (Å²) in [6.07, 6.45) is 2.25. The third-order valence-corrected chi connectivity index (χ3v) is 3.60. The zero-order chi connectivity index (χ0) is 15.0. The van der Waals surface area contributed by atoms with E-state index in [9.17, 15) is 20.0 Å². The number of carboxylic acids is 1. The second-order valence-corrected chi connectivity index (χ2v) is 4.95. The molecule has 1 fully saturated rings. The average Bonchev–Trinajstić information content (AvgIpc) is 2.89. The molecule has 1 N–H and O–H groups in total. The average molecular weight is 291 g/mol. The maximum Gasteiger partial charge on any atom is 0.326 e. The molecule has 1 aromatic carbocycles. The number of nitrogens with zero attached hydrogens (tertiary/aromatic N) is 3. The fourth-order valence-electron chi connectivity index (χ4n) is 2.56. The lowest BCUT2D eigenvalue weighted by Crippen LogP contribution is -2.44. The van der Waals surface area contributed by atoms with Gasteiger partial charge in [0.1, 0.15) is 11.6 Å². The Hall–Kier alpha value is -2.64. The largest absolute Gasteiger partial charge is 0.480 e. The number of carboxylic acid groups (broad SMARTS) is 1. The minimum atomic E-state index is -0.914. The number of fused-ring (bicyclic) bond motifs is 1. The van der Waals surface area contributed by atoms with Crippen molar-refractivity contribution in [2.45, 2.75) is 25.3 Å². The van der Waals surface area contributed by atoms with Crippen molar-refractivity contribution in [3.63, 3.8) is 0 Å². The van der Waals surface area contributed by atoms with Crippen molar-refractivity contribution < 1.29 is 19.2 Å². The lowest BCUT2D eigenvalue weighted by atomic mass is 10.0. The van der Waals surface area contributed by atoms with Gasteiger partial charge in [-0.05, 0) is 25.3 Å². The first kappa shape index (κ1) is 13.3. The number of piperidine rings is 1. The van der Waals surface area contributed by atoms with Crippen LogP contribution in [0.1, 0.15) is 19.3 Å². The Bertz CT molecular complexity index is 711. The number of nitro groups is 1. The van der Waals surface area contributed by atoms with Gasteiger partial charge >= 0.3 is 5.97 Å². The van der Waals surface area contributed by atoms with Crippen molar-refractivity contribution in [1.29, 1.82) is 0 Å². The predicted molar refractivity (Wildman–Crippen MR) is 73.3 cm³/mol. The molecule has 2 heterocycles. The Balaban J connectivity index is 1.99. The molecular formula is C13H13N3O5. The van der Waals surface area contributed by atoms with Crippen LogP contribution >= 0.6 is 0 Å².